The number of nitrogens with zero attached hydrogens (tertiary/aromatic N) is 1. The van der Waals surface area contributed by atoms with E-state index < -0.39 is 0 Å². The van der Waals surface area contributed by atoms with Gasteiger partial charge < -0.3 is 10.2 Å². The van der Waals surface area contributed by atoms with Crippen LogP contribution in [0.3, 0.4) is 0 Å². The van der Waals surface area contributed by atoms with Gasteiger partial charge in [0.05, 0.1) is 0 Å². The summed E-state index contributed by atoms with van der Waals surface area (Å²) in [5.74, 6) is 0.150. The molecule has 0 aliphatic carbocycles. The molecule has 92 valence electrons. The summed E-state index contributed by atoms with van der Waals surface area (Å²) < 4.78 is 0. The number of rotatable bonds is 5. The number of hydrogen-bond acceptors (Lipinski definition) is 2. The SMILES string of the molecule is C/C=C/C(=O)N(CCC)CC1CCCCN1. The zero-order chi connectivity index (χ0) is 11.8. The highest BCUT2D eigenvalue weighted by atomic mass is 16.2. The molecule has 1 N–H and O–H groups in total. The maximum atomic E-state index is 11.8. The van der Waals surface area contributed by atoms with Gasteiger partial charge in [0.25, 0.3) is 0 Å². The van der Waals surface area contributed by atoms with E-state index in [1.165, 1.54) is 19.3 Å². The van der Waals surface area contributed by atoms with E-state index in [2.05, 4.69) is 12.2 Å². The topological polar surface area (TPSA) is 32.3 Å². The first kappa shape index (κ1) is 13.2. The first-order chi connectivity index (χ1) is 7.77. The van der Waals surface area contributed by atoms with Crippen molar-refractivity contribution in [3.63, 3.8) is 0 Å². The number of allylic oxidation sites excluding steroid dienone is 1. The van der Waals surface area contributed by atoms with Crippen LogP contribution in [0.5, 0.6) is 0 Å². The largest absolute Gasteiger partial charge is 0.338 e. The fraction of sp³-hybridized carbons (Fsp3) is 0.769. The van der Waals surface area contributed by atoms with Gasteiger partial charge in [-0.25, -0.2) is 0 Å². The van der Waals surface area contributed by atoms with E-state index in [1.54, 1.807) is 6.08 Å². The molecule has 16 heavy (non-hydrogen) atoms. The van der Waals surface area contributed by atoms with E-state index in [4.69, 9.17) is 0 Å². The zero-order valence-corrected chi connectivity index (χ0v) is 10.5. The number of hydrogen-bond donors (Lipinski definition) is 1. The molecule has 1 aliphatic heterocycles. The third-order valence-electron chi connectivity index (χ3n) is 2.97. The van der Waals surface area contributed by atoms with Gasteiger partial charge in [0, 0.05) is 19.1 Å². The number of amides is 1. The lowest BCUT2D eigenvalue weighted by Gasteiger charge is -2.30. The fourth-order valence-corrected chi connectivity index (χ4v) is 2.16. The van der Waals surface area contributed by atoms with Crippen LogP contribution in [-0.4, -0.2) is 36.5 Å². The molecule has 0 spiro atoms. The second kappa shape index (κ2) is 7.44. The van der Waals surface area contributed by atoms with E-state index >= 15 is 0 Å². The molecule has 1 atom stereocenters. The van der Waals surface area contributed by atoms with Gasteiger partial charge in [-0.3, -0.25) is 4.79 Å². The Kier molecular flexibility index (Phi) is 6.16. The highest BCUT2D eigenvalue weighted by molar-refractivity contribution is 5.87. The molecule has 3 heteroatoms. The third kappa shape index (κ3) is 4.35. The summed E-state index contributed by atoms with van der Waals surface area (Å²) in [5.41, 5.74) is 0. The lowest BCUT2D eigenvalue weighted by atomic mass is 10.0. The number of nitrogens with one attached hydrogen (secondary N) is 1. The van der Waals surface area contributed by atoms with E-state index in [-0.39, 0.29) is 5.91 Å². The molecule has 1 saturated heterocycles. The van der Waals surface area contributed by atoms with Crippen LogP contribution >= 0.6 is 0 Å². The molecule has 3 nitrogen and oxygen atoms in total. The van der Waals surface area contributed by atoms with Crippen molar-refractivity contribution in [2.24, 2.45) is 0 Å². The Morgan fingerprint density at radius 3 is 2.88 bits per heavy atom. The van der Waals surface area contributed by atoms with Crippen molar-refractivity contribution in [2.75, 3.05) is 19.6 Å². The number of carbonyl (C=O) groups is 1. The predicted molar refractivity (Wildman–Crippen MR) is 67.3 cm³/mol. The number of carbonyl (C=O) groups excluding carboxylic acids is 1. The van der Waals surface area contributed by atoms with Gasteiger partial charge in [0.2, 0.25) is 5.91 Å². The molecular formula is C13H24N2O. The first-order valence-corrected chi connectivity index (χ1v) is 6.43. The summed E-state index contributed by atoms with van der Waals surface area (Å²) in [6.07, 6.45) is 8.26. The average molecular weight is 224 g/mol. The minimum absolute atomic E-state index is 0.150. The van der Waals surface area contributed by atoms with Crippen molar-refractivity contribution in [1.29, 1.82) is 0 Å². The van der Waals surface area contributed by atoms with Gasteiger partial charge in [-0.05, 0) is 38.8 Å². The Morgan fingerprint density at radius 2 is 2.31 bits per heavy atom. The van der Waals surface area contributed by atoms with Crippen LogP contribution in [0.15, 0.2) is 12.2 Å². The molecule has 0 aromatic rings. The van der Waals surface area contributed by atoms with Crippen molar-refractivity contribution in [3.05, 3.63) is 12.2 Å². The first-order valence-electron chi connectivity index (χ1n) is 6.43. The second-order valence-corrected chi connectivity index (χ2v) is 4.43. The van der Waals surface area contributed by atoms with Crippen LogP contribution in [0, 0.1) is 0 Å². The van der Waals surface area contributed by atoms with Crippen molar-refractivity contribution in [2.45, 2.75) is 45.6 Å². The lowest BCUT2D eigenvalue weighted by molar-refractivity contribution is -0.126. The van der Waals surface area contributed by atoms with Crippen molar-refractivity contribution in [1.82, 2.24) is 10.2 Å². The lowest BCUT2D eigenvalue weighted by Crippen LogP contribution is -2.45. The van der Waals surface area contributed by atoms with Gasteiger partial charge >= 0.3 is 0 Å². The van der Waals surface area contributed by atoms with Crippen molar-refractivity contribution < 1.29 is 4.79 Å². The molecule has 1 amide bonds. The van der Waals surface area contributed by atoms with E-state index in [0.29, 0.717) is 6.04 Å². The summed E-state index contributed by atoms with van der Waals surface area (Å²) in [6, 6.07) is 0.495. The van der Waals surface area contributed by atoms with Crippen molar-refractivity contribution in [3.8, 4) is 0 Å². The normalized spacial score (nSPS) is 21.2. The maximum Gasteiger partial charge on any atom is 0.246 e. The van der Waals surface area contributed by atoms with Gasteiger partial charge in [-0.2, -0.15) is 0 Å². The highest BCUT2D eigenvalue weighted by Crippen LogP contribution is 2.09. The Labute approximate surface area is 98.9 Å². The number of piperidine rings is 1. The standard InChI is InChI=1S/C13H24N2O/c1-3-7-13(16)15(10-4-2)11-12-8-5-6-9-14-12/h3,7,12,14H,4-6,8-11H2,1-2H3/b7-3+. The van der Waals surface area contributed by atoms with Crippen LogP contribution in [0.4, 0.5) is 0 Å². The van der Waals surface area contributed by atoms with E-state index in [1.807, 2.05) is 17.9 Å². The highest BCUT2D eigenvalue weighted by Gasteiger charge is 2.18. The maximum absolute atomic E-state index is 11.8. The minimum Gasteiger partial charge on any atom is -0.338 e. The summed E-state index contributed by atoms with van der Waals surface area (Å²) >= 11 is 0. The van der Waals surface area contributed by atoms with Gasteiger partial charge in [-0.1, -0.05) is 19.4 Å². The molecule has 1 rings (SSSR count). The third-order valence-corrected chi connectivity index (χ3v) is 2.97. The molecule has 1 heterocycles. The molecule has 1 aliphatic rings. The van der Waals surface area contributed by atoms with Crippen LogP contribution in [0.1, 0.15) is 39.5 Å². The summed E-state index contributed by atoms with van der Waals surface area (Å²) in [7, 11) is 0. The molecule has 1 fully saturated rings. The van der Waals surface area contributed by atoms with Crippen LogP contribution < -0.4 is 5.32 Å². The van der Waals surface area contributed by atoms with Crippen LogP contribution in [-0.2, 0) is 4.79 Å². The fourth-order valence-electron chi connectivity index (χ4n) is 2.16. The second-order valence-electron chi connectivity index (χ2n) is 4.43. The molecule has 0 saturated carbocycles. The zero-order valence-electron chi connectivity index (χ0n) is 10.5. The Hall–Kier alpha value is -0.830. The minimum atomic E-state index is 0.150. The molecular weight excluding hydrogens is 200 g/mol. The summed E-state index contributed by atoms with van der Waals surface area (Å²) in [5, 5.41) is 3.49. The van der Waals surface area contributed by atoms with E-state index in [0.717, 1.165) is 26.1 Å². The summed E-state index contributed by atoms with van der Waals surface area (Å²) in [6.45, 7) is 6.83. The quantitative estimate of drug-likeness (QED) is 0.724. The van der Waals surface area contributed by atoms with E-state index in [9.17, 15) is 4.79 Å². The van der Waals surface area contributed by atoms with Crippen LogP contribution in [0.2, 0.25) is 0 Å². The molecule has 0 aromatic carbocycles. The monoisotopic (exact) mass is 224 g/mol. The molecule has 0 aromatic heterocycles. The van der Waals surface area contributed by atoms with Gasteiger partial charge in [0.1, 0.15) is 0 Å². The van der Waals surface area contributed by atoms with Crippen molar-refractivity contribution >= 4 is 5.91 Å². The van der Waals surface area contributed by atoms with Gasteiger partial charge in [-0.15, -0.1) is 0 Å². The van der Waals surface area contributed by atoms with Crippen LogP contribution in [0.25, 0.3) is 0 Å². The molecule has 0 bridgehead atoms. The van der Waals surface area contributed by atoms with Gasteiger partial charge in [0.15, 0.2) is 0 Å². The molecule has 0 radical (unpaired) electrons. The smallest absolute Gasteiger partial charge is 0.246 e. The summed E-state index contributed by atoms with van der Waals surface area (Å²) in [4.78, 5) is 13.8. The Balaban J connectivity index is 2.45. The Morgan fingerprint density at radius 1 is 1.50 bits per heavy atom. The average Bonchev–Trinajstić information content (AvgIpc) is 2.30. The Bertz CT molecular complexity index is 232. The molecule has 1 unspecified atom stereocenters. The predicted octanol–water partition coefficient (Wildman–Crippen LogP) is 1.94.